The lowest BCUT2D eigenvalue weighted by Gasteiger charge is -2.19. The summed E-state index contributed by atoms with van der Waals surface area (Å²) in [7, 11) is 1.88. The van der Waals surface area contributed by atoms with Crippen LogP contribution in [0.15, 0.2) is 60.7 Å². The average Bonchev–Trinajstić information content (AvgIpc) is 2.66. The minimum Gasteiger partial charge on any atom is -0.388 e. The second-order valence-electron chi connectivity index (χ2n) is 6.24. The number of hydrogen-bond donors (Lipinski definition) is 1. The third-order valence-electron chi connectivity index (χ3n) is 4.77. The van der Waals surface area contributed by atoms with Gasteiger partial charge in [0.25, 0.3) is 0 Å². The Balaban J connectivity index is 1.93. The number of nitrogens with one attached hydrogen (secondary N) is 1. The van der Waals surface area contributed by atoms with Gasteiger partial charge in [0.05, 0.1) is 0 Å². The van der Waals surface area contributed by atoms with Crippen molar-refractivity contribution < 1.29 is 9.59 Å². The molecule has 0 unspecified atom stereocenters. The summed E-state index contributed by atoms with van der Waals surface area (Å²) in [6.07, 6.45) is 0. The molecule has 0 fully saturated rings. The molecule has 3 aromatic rings. The second kappa shape index (κ2) is 5.71. The highest BCUT2D eigenvalue weighted by Gasteiger charge is 2.30. The molecule has 25 heavy (non-hydrogen) atoms. The van der Waals surface area contributed by atoms with E-state index in [9.17, 15) is 9.59 Å². The molecule has 0 spiro atoms. The molecule has 1 aliphatic carbocycles. The second-order valence-corrected chi connectivity index (χ2v) is 6.24. The number of Topliss-reactive ketones (excluding diaryl/α,β-unsaturated/α-hetero) is 2. The highest BCUT2D eigenvalue weighted by atomic mass is 16.2. The zero-order valence-electron chi connectivity index (χ0n) is 14.1. The van der Waals surface area contributed by atoms with E-state index in [-0.39, 0.29) is 0 Å². The zero-order chi connectivity index (χ0) is 17.6. The van der Waals surface area contributed by atoms with Crippen LogP contribution in [0, 0.1) is 6.92 Å². The van der Waals surface area contributed by atoms with E-state index < -0.39 is 11.6 Å². The predicted molar refractivity (Wildman–Crippen MR) is 100 cm³/mol. The standard InChI is InChI=1S/C22H17NO2/c1-13-7-9-15(23-2)12-19(13)14-8-10-17-16-5-3-4-6-18(16)21(24)22(25)20(17)11-14/h3-12,23H,1-2H3. The first-order chi connectivity index (χ1) is 12.1. The third-order valence-corrected chi connectivity index (χ3v) is 4.77. The lowest BCUT2D eigenvalue weighted by Crippen LogP contribution is -2.21. The molecule has 1 aliphatic rings. The number of carbonyl (C=O) groups excluding carboxylic acids is 2. The van der Waals surface area contributed by atoms with Crippen LogP contribution in [0.4, 0.5) is 5.69 Å². The van der Waals surface area contributed by atoms with Gasteiger partial charge in [-0.05, 0) is 52.9 Å². The lowest BCUT2D eigenvalue weighted by atomic mass is 9.82. The molecular weight excluding hydrogens is 310 g/mol. The molecule has 1 N–H and O–H groups in total. The van der Waals surface area contributed by atoms with Gasteiger partial charge in [0, 0.05) is 23.9 Å². The van der Waals surface area contributed by atoms with Crippen molar-refractivity contribution in [1.82, 2.24) is 0 Å². The van der Waals surface area contributed by atoms with Crippen LogP contribution in [0.1, 0.15) is 26.3 Å². The molecule has 0 saturated heterocycles. The number of anilines is 1. The van der Waals surface area contributed by atoms with Crippen LogP contribution >= 0.6 is 0 Å². The summed E-state index contributed by atoms with van der Waals surface area (Å²) in [4.78, 5) is 25.0. The molecule has 3 heteroatoms. The average molecular weight is 327 g/mol. The zero-order valence-corrected chi connectivity index (χ0v) is 14.1. The summed E-state index contributed by atoms with van der Waals surface area (Å²) in [5.41, 5.74) is 6.74. The molecule has 0 saturated carbocycles. The fraction of sp³-hybridized carbons (Fsp3) is 0.0909. The maximum absolute atomic E-state index is 12.6. The Kier molecular flexibility index (Phi) is 3.50. The molecule has 0 aliphatic heterocycles. The van der Waals surface area contributed by atoms with E-state index in [2.05, 4.69) is 11.4 Å². The van der Waals surface area contributed by atoms with Crippen LogP contribution in [0.2, 0.25) is 0 Å². The van der Waals surface area contributed by atoms with Crippen molar-refractivity contribution in [2.24, 2.45) is 0 Å². The summed E-state index contributed by atoms with van der Waals surface area (Å²) in [5.74, 6) is -0.862. The van der Waals surface area contributed by atoms with Gasteiger partial charge in [-0.25, -0.2) is 0 Å². The third kappa shape index (κ3) is 2.36. The summed E-state index contributed by atoms with van der Waals surface area (Å²) in [6.45, 7) is 2.04. The van der Waals surface area contributed by atoms with Crippen LogP contribution in [-0.2, 0) is 0 Å². The van der Waals surface area contributed by atoms with Crippen molar-refractivity contribution in [2.75, 3.05) is 12.4 Å². The topological polar surface area (TPSA) is 46.2 Å². The van der Waals surface area contributed by atoms with Crippen molar-refractivity contribution in [1.29, 1.82) is 0 Å². The monoisotopic (exact) mass is 327 g/mol. The molecule has 3 aromatic carbocycles. The fourth-order valence-electron chi connectivity index (χ4n) is 3.38. The van der Waals surface area contributed by atoms with Crippen molar-refractivity contribution in [3.8, 4) is 22.3 Å². The number of hydrogen-bond acceptors (Lipinski definition) is 3. The Morgan fingerprint density at radius 1 is 0.680 bits per heavy atom. The number of benzene rings is 3. The van der Waals surface area contributed by atoms with Gasteiger partial charge in [0.15, 0.2) is 0 Å². The van der Waals surface area contributed by atoms with Crippen LogP contribution < -0.4 is 5.32 Å². The number of carbonyl (C=O) groups is 2. The summed E-state index contributed by atoms with van der Waals surface area (Å²) in [5, 5.41) is 3.13. The molecule has 0 aromatic heterocycles. The van der Waals surface area contributed by atoms with Gasteiger partial charge < -0.3 is 5.32 Å². The van der Waals surface area contributed by atoms with E-state index in [4.69, 9.17) is 0 Å². The molecule has 122 valence electrons. The van der Waals surface area contributed by atoms with Crippen molar-refractivity contribution in [3.05, 3.63) is 77.4 Å². The van der Waals surface area contributed by atoms with E-state index >= 15 is 0 Å². The van der Waals surface area contributed by atoms with E-state index in [1.165, 1.54) is 0 Å². The van der Waals surface area contributed by atoms with E-state index in [0.29, 0.717) is 11.1 Å². The van der Waals surface area contributed by atoms with Gasteiger partial charge in [0.2, 0.25) is 11.6 Å². The van der Waals surface area contributed by atoms with Gasteiger partial charge in [-0.3, -0.25) is 9.59 Å². The first-order valence-electron chi connectivity index (χ1n) is 8.21. The summed E-state index contributed by atoms with van der Waals surface area (Å²) in [6, 6.07) is 19.2. The Morgan fingerprint density at radius 3 is 2.12 bits per heavy atom. The van der Waals surface area contributed by atoms with Gasteiger partial charge in [-0.2, -0.15) is 0 Å². The Bertz CT molecular complexity index is 1030. The molecule has 3 nitrogen and oxygen atoms in total. The molecule has 0 heterocycles. The minimum absolute atomic E-state index is 0.430. The number of rotatable bonds is 2. The van der Waals surface area contributed by atoms with Crippen LogP contribution in [0.5, 0.6) is 0 Å². The maximum Gasteiger partial charge on any atom is 0.234 e. The number of fused-ring (bicyclic) bond motifs is 3. The summed E-state index contributed by atoms with van der Waals surface area (Å²) < 4.78 is 0. The molecule has 0 atom stereocenters. The van der Waals surface area contributed by atoms with Crippen molar-refractivity contribution >= 4 is 17.3 Å². The fourth-order valence-corrected chi connectivity index (χ4v) is 3.38. The number of aryl methyl sites for hydroxylation is 1. The molecule has 0 bridgehead atoms. The van der Waals surface area contributed by atoms with E-state index in [1.54, 1.807) is 12.1 Å². The summed E-state index contributed by atoms with van der Waals surface area (Å²) >= 11 is 0. The Morgan fingerprint density at radius 2 is 1.36 bits per heavy atom. The Labute approximate surface area is 146 Å². The quantitative estimate of drug-likeness (QED) is 0.691. The first-order valence-corrected chi connectivity index (χ1v) is 8.21. The Hall–Kier alpha value is -3.20. The molecular formula is C22H17NO2. The van der Waals surface area contributed by atoms with E-state index in [1.807, 2.05) is 56.4 Å². The lowest BCUT2D eigenvalue weighted by molar-refractivity contribution is 0.0815. The smallest absolute Gasteiger partial charge is 0.234 e. The van der Waals surface area contributed by atoms with Crippen molar-refractivity contribution in [2.45, 2.75) is 6.92 Å². The maximum atomic E-state index is 12.6. The van der Waals surface area contributed by atoms with Gasteiger partial charge in [-0.1, -0.05) is 42.5 Å². The normalized spacial score (nSPS) is 12.6. The first kappa shape index (κ1) is 15.3. The number of ketones is 2. The van der Waals surface area contributed by atoms with Gasteiger partial charge >= 0.3 is 0 Å². The molecule has 0 radical (unpaired) electrons. The highest BCUT2D eigenvalue weighted by molar-refractivity contribution is 6.53. The predicted octanol–water partition coefficient (Wildman–Crippen LogP) is 4.75. The van der Waals surface area contributed by atoms with Crippen molar-refractivity contribution in [3.63, 3.8) is 0 Å². The van der Waals surface area contributed by atoms with Crippen LogP contribution in [0.25, 0.3) is 22.3 Å². The van der Waals surface area contributed by atoms with Gasteiger partial charge in [-0.15, -0.1) is 0 Å². The SMILES string of the molecule is CNc1ccc(C)c(-c2ccc3c(c2)C(=O)C(=O)c2ccccc2-3)c1. The van der Waals surface area contributed by atoms with Crippen LogP contribution in [0.3, 0.4) is 0 Å². The highest BCUT2D eigenvalue weighted by Crippen LogP contribution is 2.36. The molecule has 4 rings (SSSR count). The largest absolute Gasteiger partial charge is 0.388 e. The minimum atomic E-state index is -0.432. The van der Waals surface area contributed by atoms with Gasteiger partial charge in [0.1, 0.15) is 0 Å². The van der Waals surface area contributed by atoms with Crippen LogP contribution in [-0.4, -0.2) is 18.6 Å². The van der Waals surface area contributed by atoms with E-state index in [0.717, 1.165) is 33.5 Å². The molecule has 0 amide bonds.